The number of methoxy groups -OCH3 is 1. The highest BCUT2D eigenvalue weighted by Gasteiger charge is 2.45. The van der Waals surface area contributed by atoms with Crippen LogP contribution in [0, 0.1) is 6.92 Å². The number of carboxylic acids is 1. The van der Waals surface area contributed by atoms with Gasteiger partial charge < -0.3 is 14.6 Å². The number of ether oxygens (including phenoxy) is 2. The van der Waals surface area contributed by atoms with Gasteiger partial charge in [0.05, 0.1) is 19.1 Å². The topological polar surface area (TPSA) is 55.8 Å². The fourth-order valence-electron chi connectivity index (χ4n) is 3.09. The zero-order valence-corrected chi connectivity index (χ0v) is 12.4. The third-order valence-electron chi connectivity index (χ3n) is 4.18. The van der Waals surface area contributed by atoms with Crippen LogP contribution < -0.4 is 9.47 Å². The van der Waals surface area contributed by atoms with Crippen LogP contribution >= 0.6 is 0 Å². The molecule has 1 N–H and O–H groups in total. The van der Waals surface area contributed by atoms with Crippen molar-refractivity contribution in [1.82, 2.24) is 0 Å². The molecule has 1 aromatic carbocycles. The summed E-state index contributed by atoms with van der Waals surface area (Å²) in [4.78, 5) is 11.8. The van der Waals surface area contributed by atoms with Crippen molar-refractivity contribution in [3.8, 4) is 11.5 Å². The summed E-state index contributed by atoms with van der Waals surface area (Å²) in [5, 5.41) is 9.73. The van der Waals surface area contributed by atoms with Crippen LogP contribution in [-0.4, -0.2) is 24.8 Å². The molecule has 20 heavy (non-hydrogen) atoms. The molecule has 1 aliphatic rings. The summed E-state index contributed by atoms with van der Waals surface area (Å²) in [6.45, 7) is 4.43. The van der Waals surface area contributed by atoms with Gasteiger partial charge in [0, 0.05) is 5.56 Å². The number of carboxylic acid groups (broad SMARTS) is 1. The number of hydrogen-bond donors (Lipinski definition) is 1. The zero-order chi connectivity index (χ0) is 14.8. The fourth-order valence-corrected chi connectivity index (χ4v) is 3.09. The van der Waals surface area contributed by atoms with Crippen molar-refractivity contribution in [2.45, 2.75) is 44.9 Å². The first kappa shape index (κ1) is 14.7. The van der Waals surface area contributed by atoms with Gasteiger partial charge in [-0.1, -0.05) is 12.8 Å². The maximum Gasteiger partial charge on any atom is 0.314 e. The van der Waals surface area contributed by atoms with Crippen molar-refractivity contribution in [1.29, 1.82) is 0 Å². The second-order valence-electron chi connectivity index (χ2n) is 5.35. The maximum absolute atomic E-state index is 11.8. The van der Waals surface area contributed by atoms with E-state index in [4.69, 9.17) is 9.47 Å². The van der Waals surface area contributed by atoms with Gasteiger partial charge in [0.2, 0.25) is 0 Å². The largest absolute Gasteiger partial charge is 0.496 e. The second-order valence-corrected chi connectivity index (χ2v) is 5.35. The van der Waals surface area contributed by atoms with Gasteiger partial charge in [-0.2, -0.15) is 0 Å². The average molecular weight is 278 g/mol. The predicted octanol–water partition coefficient (Wildman–Crippen LogP) is 3.30. The Labute approximate surface area is 119 Å². The molecular formula is C16H22O4. The third kappa shape index (κ3) is 2.35. The van der Waals surface area contributed by atoms with E-state index < -0.39 is 11.4 Å². The highest BCUT2D eigenvalue weighted by Crippen LogP contribution is 2.46. The summed E-state index contributed by atoms with van der Waals surface area (Å²) in [6, 6.07) is 3.74. The summed E-state index contributed by atoms with van der Waals surface area (Å²) in [6.07, 6.45) is 3.20. The van der Waals surface area contributed by atoms with E-state index in [1.54, 1.807) is 7.11 Å². The highest BCUT2D eigenvalue weighted by atomic mass is 16.5. The van der Waals surface area contributed by atoms with E-state index in [2.05, 4.69) is 0 Å². The Morgan fingerprint density at radius 1 is 1.30 bits per heavy atom. The van der Waals surface area contributed by atoms with Gasteiger partial charge in [0.25, 0.3) is 0 Å². The van der Waals surface area contributed by atoms with E-state index in [-0.39, 0.29) is 0 Å². The Morgan fingerprint density at radius 2 is 1.95 bits per heavy atom. The van der Waals surface area contributed by atoms with Crippen LogP contribution in [0.3, 0.4) is 0 Å². The molecule has 1 saturated carbocycles. The SMILES string of the molecule is CCOc1cc(C2(C(=O)O)CCCC2)c(OC)cc1C. The summed E-state index contributed by atoms with van der Waals surface area (Å²) in [5.41, 5.74) is 0.885. The molecule has 110 valence electrons. The van der Waals surface area contributed by atoms with Gasteiger partial charge in [-0.05, 0) is 44.4 Å². The van der Waals surface area contributed by atoms with Crippen molar-refractivity contribution in [2.75, 3.05) is 13.7 Å². The molecule has 1 aromatic rings. The quantitative estimate of drug-likeness (QED) is 0.898. The Balaban J connectivity index is 2.58. The Morgan fingerprint density at radius 3 is 2.45 bits per heavy atom. The Bertz CT molecular complexity index is 501. The predicted molar refractivity (Wildman–Crippen MR) is 76.7 cm³/mol. The van der Waals surface area contributed by atoms with Crippen LogP contribution in [0.4, 0.5) is 0 Å². The lowest BCUT2D eigenvalue weighted by Gasteiger charge is -2.27. The van der Waals surface area contributed by atoms with Crippen LogP contribution in [0.1, 0.15) is 43.7 Å². The third-order valence-corrected chi connectivity index (χ3v) is 4.18. The maximum atomic E-state index is 11.8. The van der Waals surface area contributed by atoms with Gasteiger partial charge >= 0.3 is 5.97 Å². The lowest BCUT2D eigenvalue weighted by molar-refractivity contribution is -0.143. The zero-order valence-electron chi connectivity index (χ0n) is 12.4. The molecule has 1 fully saturated rings. The molecule has 0 amide bonds. The van der Waals surface area contributed by atoms with E-state index >= 15 is 0 Å². The van der Waals surface area contributed by atoms with Gasteiger partial charge in [0.1, 0.15) is 11.5 Å². The van der Waals surface area contributed by atoms with E-state index in [9.17, 15) is 9.90 Å². The molecule has 0 spiro atoms. The van der Waals surface area contributed by atoms with Gasteiger partial charge in [-0.25, -0.2) is 0 Å². The van der Waals surface area contributed by atoms with Gasteiger partial charge in [0.15, 0.2) is 0 Å². The molecule has 2 rings (SSSR count). The van der Waals surface area contributed by atoms with Crippen molar-refractivity contribution in [2.24, 2.45) is 0 Å². The minimum Gasteiger partial charge on any atom is -0.496 e. The first-order valence-corrected chi connectivity index (χ1v) is 7.10. The van der Waals surface area contributed by atoms with Crippen molar-refractivity contribution in [3.05, 3.63) is 23.3 Å². The van der Waals surface area contributed by atoms with Crippen molar-refractivity contribution < 1.29 is 19.4 Å². The van der Waals surface area contributed by atoms with E-state index in [0.29, 0.717) is 25.2 Å². The molecule has 0 radical (unpaired) electrons. The molecule has 0 aromatic heterocycles. The minimum absolute atomic E-state index is 0.562. The second kappa shape index (κ2) is 5.73. The fraction of sp³-hybridized carbons (Fsp3) is 0.562. The van der Waals surface area contributed by atoms with Crippen molar-refractivity contribution >= 4 is 5.97 Å². The highest BCUT2D eigenvalue weighted by molar-refractivity contribution is 5.83. The molecule has 4 heteroatoms. The monoisotopic (exact) mass is 278 g/mol. The molecule has 0 heterocycles. The van der Waals surface area contributed by atoms with Crippen molar-refractivity contribution in [3.63, 3.8) is 0 Å². The average Bonchev–Trinajstić information content (AvgIpc) is 2.91. The van der Waals surface area contributed by atoms with E-state index in [1.165, 1.54) is 0 Å². The lowest BCUT2D eigenvalue weighted by Crippen LogP contribution is -2.33. The summed E-state index contributed by atoms with van der Waals surface area (Å²) in [5.74, 6) is 0.630. The molecule has 0 saturated heterocycles. The number of carbonyl (C=O) groups is 1. The van der Waals surface area contributed by atoms with Crippen LogP contribution in [0.2, 0.25) is 0 Å². The summed E-state index contributed by atoms with van der Waals surface area (Å²) < 4.78 is 11.0. The van der Waals surface area contributed by atoms with Crippen LogP contribution in [0.25, 0.3) is 0 Å². The Hall–Kier alpha value is -1.71. The number of aryl methyl sites for hydroxylation is 1. The normalized spacial score (nSPS) is 16.9. The molecule has 0 bridgehead atoms. The standard InChI is InChI=1S/C16H22O4/c1-4-20-13-10-12(14(19-3)9-11(13)2)16(15(17)18)7-5-6-8-16/h9-10H,4-8H2,1-3H3,(H,17,18). The molecular weight excluding hydrogens is 256 g/mol. The number of benzene rings is 1. The molecule has 0 aliphatic heterocycles. The summed E-state index contributed by atoms with van der Waals surface area (Å²) in [7, 11) is 1.59. The molecule has 0 atom stereocenters. The van der Waals surface area contributed by atoms with E-state index in [1.807, 2.05) is 26.0 Å². The molecule has 1 aliphatic carbocycles. The lowest BCUT2D eigenvalue weighted by atomic mass is 9.78. The number of hydrogen-bond acceptors (Lipinski definition) is 3. The smallest absolute Gasteiger partial charge is 0.314 e. The minimum atomic E-state index is -0.828. The van der Waals surface area contributed by atoms with Gasteiger partial charge in [-0.15, -0.1) is 0 Å². The van der Waals surface area contributed by atoms with Crippen LogP contribution in [-0.2, 0) is 10.2 Å². The van der Waals surface area contributed by atoms with Gasteiger partial charge in [-0.3, -0.25) is 4.79 Å². The number of aliphatic carboxylic acids is 1. The summed E-state index contributed by atoms with van der Waals surface area (Å²) >= 11 is 0. The first-order valence-electron chi connectivity index (χ1n) is 7.10. The molecule has 0 unspecified atom stereocenters. The molecule has 4 nitrogen and oxygen atoms in total. The Kier molecular flexibility index (Phi) is 4.21. The first-order chi connectivity index (χ1) is 9.55. The van der Waals surface area contributed by atoms with Crippen LogP contribution in [0.5, 0.6) is 11.5 Å². The van der Waals surface area contributed by atoms with E-state index in [0.717, 1.165) is 29.7 Å². The number of rotatable bonds is 5. The van der Waals surface area contributed by atoms with Crippen LogP contribution in [0.15, 0.2) is 12.1 Å².